The average Bonchev–Trinajstić information content (AvgIpc) is 3.60. The molecule has 0 N–H and O–H groups in total. The maximum Gasteiger partial charge on any atom is 0.157 e. The second kappa shape index (κ2) is 13.1. The van der Waals surface area contributed by atoms with Gasteiger partial charge in [0.2, 0.25) is 0 Å². The molecule has 0 atom stereocenters. The van der Waals surface area contributed by atoms with Crippen LogP contribution in [-0.4, -0.2) is 0 Å². The van der Waals surface area contributed by atoms with Crippen LogP contribution in [0.5, 0.6) is 23.0 Å². The second-order valence-corrected chi connectivity index (χ2v) is 15.3. The highest BCUT2D eigenvalue weighted by Gasteiger charge is 2.46. The van der Waals surface area contributed by atoms with Crippen molar-refractivity contribution in [1.29, 1.82) is 0 Å². The van der Waals surface area contributed by atoms with Crippen LogP contribution in [0.25, 0.3) is 22.3 Å². The third-order valence-electron chi connectivity index (χ3n) is 12.1. The molecule has 0 aromatic heterocycles. The van der Waals surface area contributed by atoms with Crippen molar-refractivity contribution in [2.75, 3.05) is 9.80 Å². The van der Waals surface area contributed by atoms with Crippen molar-refractivity contribution in [3.63, 3.8) is 0 Å². The summed E-state index contributed by atoms with van der Waals surface area (Å²) in [6, 6.07) is 78.0. The Labute approximate surface area is 343 Å². The van der Waals surface area contributed by atoms with Crippen LogP contribution >= 0.6 is 0 Å². The van der Waals surface area contributed by atoms with Crippen LogP contribution in [0.2, 0.25) is 0 Å². The number of benzene rings is 9. The molecule has 0 saturated heterocycles. The highest BCUT2D eigenvalue weighted by atomic mass is 16.5. The van der Waals surface area contributed by atoms with Crippen molar-refractivity contribution in [3.05, 3.63) is 241 Å². The van der Waals surface area contributed by atoms with Gasteiger partial charge >= 0.3 is 0 Å². The number of nitrogens with zero attached hydrogens (tertiary/aromatic N) is 2. The minimum atomic E-state index is -0.546. The van der Waals surface area contributed by atoms with Gasteiger partial charge in [-0.05, 0) is 93.0 Å². The van der Waals surface area contributed by atoms with Crippen LogP contribution in [0.15, 0.2) is 218 Å². The molecule has 0 bridgehead atoms. The molecule has 59 heavy (non-hydrogen) atoms. The number of para-hydroxylation sites is 4. The van der Waals surface area contributed by atoms with Crippen LogP contribution in [0, 0.1) is 0 Å². The Morgan fingerprint density at radius 2 is 0.847 bits per heavy atom. The SMILES string of the molecule is c1ccc(-c2ccc(N(c3cc4c5c(c3)Oc3ccccc3N5c3ccccc3O4)c3ccc4c(c3)C(c3ccccc3)(c3ccccc3)c3ccccc3-4)cc2)cc1. The zero-order valence-corrected chi connectivity index (χ0v) is 32.0. The van der Waals surface area contributed by atoms with E-state index < -0.39 is 5.41 Å². The first-order valence-corrected chi connectivity index (χ1v) is 20.1. The Morgan fingerprint density at radius 1 is 0.356 bits per heavy atom. The molecule has 278 valence electrons. The van der Waals surface area contributed by atoms with Gasteiger partial charge in [-0.3, -0.25) is 4.90 Å². The van der Waals surface area contributed by atoms with Gasteiger partial charge in [-0.15, -0.1) is 0 Å². The molecule has 4 heteroatoms. The van der Waals surface area contributed by atoms with Gasteiger partial charge in [0.1, 0.15) is 5.69 Å². The predicted molar refractivity (Wildman–Crippen MR) is 239 cm³/mol. The van der Waals surface area contributed by atoms with Crippen LogP contribution in [0.3, 0.4) is 0 Å². The zero-order valence-electron chi connectivity index (χ0n) is 32.0. The summed E-state index contributed by atoms with van der Waals surface area (Å²) in [6.45, 7) is 0. The van der Waals surface area contributed by atoms with Gasteiger partial charge in [-0.25, -0.2) is 0 Å². The first-order chi connectivity index (χ1) is 29.3. The Balaban J connectivity index is 1.10. The average molecular weight is 757 g/mol. The molecular weight excluding hydrogens is 721 g/mol. The lowest BCUT2D eigenvalue weighted by Crippen LogP contribution is -2.28. The Bertz CT molecular complexity index is 2940. The molecule has 3 aliphatic rings. The quantitative estimate of drug-likeness (QED) is 0.169. The molecule has 9 aromatic carbocycles. The number of anilines is 6. The molecule has 4 nitrogen and oxygen atoms in total. The summed E-state index contributed by atoms with van der Waals surface area (Å²) in [5.74, 6) is 3.05. The molecule has 0 spiro atoms. The minimum Gasteiger partial charge on any atom is -0.453 e. The van der Waals surface area contributed by atoms with E-state index in [2.05, 4.69) is 204 Å². The Kier molecular flexibility index (Phi) is 7.41. The summed E-state index contributed by atoms with van der Waals surface area (Å²) < 4.78 is 13.6. The molecule has 2 aliphatic heterocycles. The summed E-state index contributed by atoms with van der Waals surface area (Å²) >= 11 is 0. The Morgan fingerprint density at radius 3 is 1.47 bits per heavy atom. The van der Waals surface area contributed by atoms with Crippen molar-refractivity contribution in [2.24, 2.45) is 0 Å². The van der Waals surface area contributed by atoms with Crippen molar-refractivity contribution in [2.45, 2.75) is 5.41 Å². The largest absolute Gasteiger partial charge is 0.453 e. The fourth-order valence-electron chi connectivity index (χ4n) is 9.59. The van der Waals surface area contributed by atoms with E-state index in [1.54, 1.807) is 0 Å². The molecule has 2 heterocycles. The highest BCUT2D eigenvalue weighted by Crippen LogP contribution is 2.62. The molecule has 0 fully saturated rings. The summed E-state index contributed by atoms with van der Waals surface area (Å²) in [5.41, 5.74) is 15.0. The van der Waals surface area contributed by atoms with E-state index in [4.69, 9.17) is 9.47 Å². The molecule has 1 aliphatic carbocycles. The summed E-state index contributed by atoms with van der Waals surface area (Å²) in [7, 11) is 0. The number of ether oxygens (including phenoxy) is 2. The van der Waals surface area contributed by atoms with Crippen molar-refractivity contribution in [1.82, 2.24) is 0 Å². The first kappa shape index (κ1) is 33.3. The smallest absolute Gasteiger partial charge is 0.157 e. The van der Waals surface area contributed by atoms with E-state index in [9.17, 15) is 0 Å². The van der Waals surface area contributed by atoms with Gasteiger partial charge in [-0.2, -0.15) is 0 Å². The van der Waals surface area contributed by atoms with Gasteiger partial charge in [0.05, 0.1) is 22.5 Å². The predicted octanol–water partition coefficient (Wildman–Crippen LogP) is 14.9. The van der Waals surface area contributed by atoms with Crippen LogP contribution < -0.4 is 19.3 Å². The summed E-state index contributed by atoms with van der Waals surface area (Å²) in [6.07, 6.45) is 0. The van der Waals surface area contributed by atoms with Gasteiger partial charge in [0.15, 0.2) is 23.0 Å². The fourth-order valence-corrected chi connectivity index (χ4v) is 9.59. The Hall–Kier alpha value is -7.82. The first-order valence-electron chi connectivity index (χ1n) is 20.1. The monoisotopic (exact) mass is 756 g/mol. The number of hydrogen-bond donors (Lipinski definition) is 0. The van der Waals surface area contributed by atoms with Crippen molar-refractivity contribution >= 4 is 34.1 Å². The van der Waals surface area contributed by atoms with Gasteiger partial charge in [0, 0.05) is 23.5 Å². The minimum absolute atomic E-state index is 0.546. The summed E-state index contributed by atoms with van der Waals surface area (Å²) in [4.78, 5) is 4.61. The topological polar surface area (TPSA) is 24.9 Å². The van der Waals surface area contributed by atoms with Crippen LogP contribution in [0.1, 0.15) is 22.3 Å². The number of hydrogen-bond acceptors (Lipinski definition) is 4. The lowest BCUT2D eigenvalue weighted by Gasteiger charge is -2.39. The van der Waals surface area contributed by atoms with Crippen LogP contribution in [0.4, 0.5) is 34.1 Å². The molecule has 0 amide bonds. The van der Waals surface area contributed by atoms with Gasteiger partial charge in [0.25, 0.3) is 0 Å². The fraction of sp³-hybridized carbons (Fsp3) is 0.0182. The van der Waals surface area contributed by atoms with E-state index >= 15 is 0 Å². The molecule has 0 unspecified atom stereocenters. The lowest BCUT2D eigenvalue weighted by atomic mass is 9.67. The lowest BCUT2D eigenvalue weighted by molar-refractivity contribution is 0.446. The second-order valence-electron chi connectivity index (χ2n) is 15.3. The van der Waals surface area contributed by atoms with E-state index in [1.807, 2.05) is 24.3 Å². The third kappa shape index (κ3) is 5.03. The summed E-state index contributed by atoms with van der Waals surface area (Å²) in [5, 5.41) is 0. The maximum absolute atomic E-state index is 6.80. The van der Waals surface area contributed by atoms with Gasteiger partial charge < -0.3 is 14.4 Å². The zero-order chi connectivity index (χ0) is 38.9. The van der Waals surface area contributed by atoms with Crippen LogP contribution in [-0.2, 0) is 5.41 Å². The molecule has 12 rings (SSSR count). The van der Waals surface area contributed by atoms with E-state index in [1.165, 1.54) is 38.9 Å². The molecule has 9 aromatic rings. The van der Waals surface area contributed by atoms with Crippen molar-refractivity contribution in [3.8, 4) is 45.3 Å². The maximum atomic E-state index is 6.80. The third-order valence-corrected chi connectivity index (χ3v) is 12.1. The normalized spacial score (nSPS) is 13.5. The van der Waals surface area contributed by atoms with E-state index in [-0.39, 0.29) is 0 Å². The van der Waals surface area contributed by atoms with E-state index in [0.29, 0.717) is 0 Å². The van der Waals surface area contributed by atoms with E-state index in [0.717, 1.165) is 62.7 Å². The molecule has 0 radical (unpaired) electrons. The number of fused-ring (bicyclic) bond motifs is 7. The van der Waals surface area contributed by atoms with Crippen molar-refractivity contribution < 1.29 is 9.47 Å². The number of rotatable bonds is 6. The highest BCUT2D eigenvalue weighted by molar-refractivity contribution is 5.96. The standard InChI is InChI=1S/C55H36N2O2/c1-4-16-37(17-5-1)38-28-30-41(31-29-38)56(43-35-52-54-53(36-43)59-51-27-15-13-25-49(51)57(54)48-24-12-14-26-50(48)58-52)42-32-33-45-44-22-10-11-23-46(44)55(47(45)34-42,39-18-6-2-7-19-39)40-20-8-3-9-21-40/h1-36H. The molecular formula is C55H36N2O2. The van der Waals surface area contributed by atoms with Gasteiger partial charge in [-0.1, -0.05) is 158 Å². The molecule has 0 saturated carbocycles.